The summed E-state index contributed by atoms with van der Waals surface area (Å²) in [5.74, 6) is -4.05. The Labute approximate surface area is 303 Å². The van der Waals surface area contributed by atoms with Crippen molar-refractivity contribution in [1.29, 1.82) is 0 Å². The second-order valence-corrected chi connectivity index (χ2v) is 13.5. The van der Waals surface area contributed by atoms with Crippen LogP contribution in [0, 0.1) is 0 Å². The summed E-state index contributed by atoms with van der Waals surface area (Å²) in [6.07, 6.45) is -6.70. The topological polar surface area (TPSA) is 147 Å². The zero-order valence-electron chi connectivity index (χ0n) is 29.6. The van der Waals surface area contributed by atoms with Gasteiger partial charge in [-0.05, 0) is 85.4 Å². The number of rotatable bonds is 13. The lowest BCUT2D eigenvalue weighted by molar-refractivity contribution is -0.178. The van der Waals surface area contributed by atoms with Crippen LogP contribution in [0.15, 0.2) is 36.4 Å². The molecule has 0 spiro atoms. The number of hydrogen-bond acceptors (Lipinski definition) is 10. The van der Waals surface area contributed by atoms with Gasteiger partial charge in [0.1, 0.15) is 5.75 Å². The number of carbonyl (C=O) groups excluding carboxylic acids is 5. The summed E-state index contributed by atoms with van der Waals surface area (Å²) in [6, 6.07) is 11.5. The van der Waals surface area contributed by atoms with Crippen molar-refractivity contribution in [2.24, 2.45) is 0 Å². The number of hydrogen-bond donors (Lipinski definition) is 1. The highest BCUT2D eigenvalue weighted by atomic mass is 19.4. The Balaban J connectivity index is 1.29. The number of esters is 2. The van der Waals surface area contributed by atoms with Crippen LogP contribution in [0.25, 0.3) is 21.5 Å². The molecule has 2 bridgehead atoms. The molecule has 2 amide bonds. The van der Waals surface area contributed by atoms with Crippen LogP contribution < -0.4 is 10.1 Å². The summed E-state index contributed by atoms with van der Waals surface area (Å²) < 4.78 is 66.8. The van der Waals surface area contributed by atoms with Crippen molar-refractivity contribution < 1.29 is 60.8 Å². The van der Waals surface area contributed by atoms with Crippen LogP contribution in [0.2, 0.25) is 0 Å². The van der Waals surface area contributed by atoms with Crippen LogP contribution >= 0.6 is 0 Å². The molecule has 0 aromatic heterocycles. The molecule has 1 aliphatic carbocycles. The lowest BCUT2D eigenvalue weighted by Gasteiger charge is -2.38. The van der Waals surface area contributed by atoms with Crippen molar-refractivity contribution in [3.8, 4) is 5.75 Å². The second kappa shape index (κ2) is 15.4. The monoisotopic (exact) mass is 742 g/mol. The smallest absolute Gasteiger partial charge is 0.449 e. The van der Waals surface area contributed by atoms with E-state index >= 15 is 0 Å². The standard InChI is InChI=1S/C38H41F3N2O10/c1-4-43-19-30-51-32(34(43)46)33(52-30)35(47)53-37(21(2)44)13-12-25-28(18-37)31(50-22(3)45)27-17-24-11-7-6-10-23(24)16-26(27)29(25)20-49-15-9-5-8-14-42-36(48)38(39,40)41/h6-7,10-11,16-17,30,32-33H,4-5,8-9,12-15,18-20H2,1-3H3,(H,42,48)/t30-,32+,33+,37+/m0/s1. The highest BCUT2D eigenvalue weighted by Crippen LogP contribution is 2.46. The van der Waals surface area contributed by atoms with Gasteiger partial charge in [0, 0.05) is 44.0 Å². The molecule has 3 aromatic rings. The molecule has 15 heteroatoms. The number of ether oxygens (including phenoxy) is 5. The van der Waals surface area contributed by atoms with Gasteiger partial charge < -0.3 is 33.9 Å². The van der Waals surface area contributed by atoms with Crippen molar-refractivity contribution in [3.05, 3.63) is 53.1 Å². The number of morpholine rings is 1. The predicted molar refractivity (Wildman–Crippen MR) is 183 cm³/mol. The summed E-state index contributed by atoms with van der Waals surface area (Å²) in [5.41, 5.74) is 0.407. The maximum atomic E-state index is 13.7. The quantitative estimate of drug-likeness (QED) is 0.114. The molecule has 2 heterocycles. The van der Waals surface area contributed by atoms with Crippen LogP contribution in [0.4, 0.5) is 13.2 Å². The fraction of sp³-hybridized carbons (Fsp3) is 0.500. The number of carbonyl (C=O) groups is 5. The highest BCUT2D eigenvalue weighted by molar-refractivity contribution is 6.05. The van der Waals surface area contributed by atoms with E-state index in [2.05, 4.69) is 0 Å². The van der Waals surface area contributed by atoms with E-state index in [1.807, 2.05) is 41.7 Å². The zero-order chi connectivity index (χ0) is 38.1. The first-order valence-corrected chi connectivity index (χ1v) is 17.7. The van der Waals surface area contributed by atoms with Gasteiger partial charge in [-0.15, -0.1) is 0 Å². The number of benzene rings is 3. The van der Waals surface area contributed by atoms with Gasteiger partial charge in [0.15, 0.2) is 29.9 Å². The largest absolute Gasteiger partial charge is 0.471 e. The minimum Gasteiger partial charge on any atom is -0.449 e. The molecule has 284 valence electrons. The van der Waals surface area contributed by atoms with Gasteiger partial charge in [-0.2, -0.15) is 13.2 Å². The fourth-order valence-corrected chi connectivity index (χ4v) is 7.32. The SMILES string of the molecule is CCN1C[C@@H]2O[C@@H](C(=O)O[C@]3(C(C)=O)CCc4c(c(OC(C)=O)c5cc6ccccc6cc5c4COCCCCCNC(=O)C(F)(F)F)C3)[C@@H](O2)C1=O. The van der Waals surface area contributed by atoms with E-state index in [-0.39, 0.29) is 51.3 Å². The summed E-state index contributed by atoms with van der Waals surface area (Å²) >= 11 is 0. The Morgan fingerprint density at radius 1 is 1.00 bits per heavy atom. The molecule has 6 rings (SSSR count). The van der Waals surface area contributed by atoms with E-state index in [0.717, 1.165) is 27.3 Å². The molecule has 0 radical (unpaired) electrons. The normalized spacial score (nSPS) is 22.5. The Morgan fingerprint density at radius 2 is 1.72 bits per heavy atom. The Kier molecular flexibility index (Phi) is 11.1. The zero-order valence-corrected chi connectivity index (χ0v) is 29.6. The maximum Gasteiger partial charge on any atom is 0.471 e. The van der Waals surface area contributed by atoms with Crippen molar-refractivity contribution >= 4 is 51.1 Å². The lowest BCUT2D eigenvalue weighted by Crippen LogP contribution is -2.53. The van der Waals surface area contributed by atoms with E-state index in [1.165, 1.54) is 18.7 Å². The van der Waals surface area contributed by atoms with Crippen LogP contribution in [0.3, 0.4) is 0 Å². The molecule has 0 saturated carbocycles. The van der Waals surface area contributed by atoms with Crippen LogP contribution in [-0.4, -0.2) is 91.0 Å². The van der Waals surface area contributed by atoms with Gasteiger partial charge in [0.2, 0.25) is 0 Å². The third-order valence-corrected chi connectivity index (χ3v) is 10.0. The number of fused-ring (bicyclic) bond motifs is 5. The van der Waals surface area contributed by atoms with E-state index in [0.29, 0.717) is 36.8 Å². The van der Waals surface area contributed by atoms with Gasteiger partial charge >= 0.3 is 24.0 Å². The molecule has 3 aromatic carbocycles. The average Bonchev–Trinajstić information content (AvgIpc) is 3.49. The van der Waals surface area contributed by atoms with Crippen molar-refractivity contribution in [1.82, 2.24) is 10.2 Å². The van der Waals surface area contributed by atoms with E-state index in [9.17, 15) is 37.1 Å². The molecular weight excluding hydrogens is 701 g/mol. The molecule has 1 N–H and O–H groups in total. The number of unbranched alkanes of at least 4 members (excludes halogenated alkanes) is 2. The maximum absolute atomic E-state index is 13.7. The Bertz CT molecular complexity index is 1950. The number of Topliss-reactive ketones (excluding diaryl/α,β-unsaturated/α-hetero) is 1. The minimum absolute atomic E-state index is 0.0903. The first-order chi connectivity index (χ1) is 25.2. The molecule has 12 nitrogen and oxygen atoms in total. The number of halogens is 3. The third-order valence-electron chi connectivity index (χ3n) is 10.0. The van der Waals surface area contributed by atoms with Crippen LogP contribution in [0.1, 0.15) is 63.1 Å². The molecule has 3 aliphatic rings. The number of nitrogens with zero attached hydrogens (tertiary/aromatic N) is 1. The number of likely N-dealkylation sites (N-methyl/N-ethyl adjacent to an activating group) is 1. The molecule has 2 fully saturated rings. The number of nitrogens with one attached hydrogen (secondary N) is 1. The number of ketones is 1. The summed E-state index contributed by atoms with van der Waals surface area (Å²) in [4.78, 5) is 65.4. The first kappa shape index (κ1) is 38.1. The average molecular weight is 743 g/mol. The fourth-order valence-electron chi connectivity index (χ4n) is 7.32. The molecular formula is C38H41F3N2O10. The molecule has 2 aliphatic heterocycles. The van der Waals surface area contributed by atoms with Gasteiger partial charge in [-0.3, -0.25) is 19.2 Å². The number of amides is 2. The lowest BCUT2D eigenvalue weighted by atomic mass is 9.74. The molecule has 4 atom stereocenters. The van der Waals surface area contributed by atoms with Crippen LogP contribution in [0.5, 0.6) is 5.75 Å². The Morgan fingerprint density at radius 3 is 2.38 bits per heavy atom. The highest BCUT2D eigenvalue weighted by Gasteiger charge is 2.54. The molecule has 53 heavy (non-hydrogen) atoms. The van der Waals surface area contributed by atoms with Gasteiger partial charge in [-0.1, -0.05) is 24.3 Å². The Hall–Kier alpha value is -4.60. The van der Waals surface area contributed by atoms with E-state index in [1.54, 1.807) is 6.92 Å². The summed E-state index contributed by atoms with van der Waals surface area (Å²) in [5, 5.41) is 5.02. The minimum atomic E-state index is -4.93. The summed E-state index contributed by atoms with van der Waals surface area (Å²) in [7, 11) is 0. The molecule has 0 unspecified atom stereocenters. The van der Waals surface area contributed by atoms with E-state index in [4.69, 9.17) is 23.7 Å². The third kappa shape index (κ3) is 7.87. The van der Waals surface area contributed by atoms with Crippen LogP contribution in [-0.2, 0) is 62.4 Å². The predicted octanol–water partition coefficient (Wildman–Crippen LogP) is 4.62. The van der Waals surface area contributed by atoms with Crippen molar-refractivity contribution in [2.45, 2.75) is 96.2 Å². The first-order valence-electron chi connectivity index (χ1n) is 17.7. The van der Waals surface area contributed by atoms with Crippen molar-refractivity contribution in [2.75, 3.05) is 26.2 Å². The second-order valence-electron chi connectivity index (χ2n) is 13.5. The van der Waals surface area contributed by atoms with E-state index < -0.39 is 59.8 Å². The van der Waals surface area contributed by atoms with Crippen molar-refractivity contribution in [3.63, 3.8) is 0 Å². The molecule has 2 saturated heterocycles. The van der Waals surface area contributed by atoms with Gasteiger partial charge in [-0.25, -0.2) is 4.79 Å². The van der Waals surface area contributed by atoms with Gasteiger partial charge in [0.05, 0.1) is 13.2 Å². The summed E-state index contributed by atoms with van der Waals surface area (Å²) in [6.45, 7) is 5.27. The number of alkyl halides is 3. The van der Waals surface area contributed by atoms with Gasteiger partial charge in [0.25, 0.3) is 5.91 Å².